The Kier molecular flexibility index (Phi) is 4.11. The van der Waals surface area contributed by atoms with Crippen molar-refractivity contribution >= 4 is 38.4 Å². The molecule has 3 fully saturated rings. The molecule has 0 spiro atoms. The first-order valence-corrected chi connectivity index (χ1v) is 10.8. The van der Waals surface area contributed by atoms with E-state index in [2.05, 4.69) is 4.99 Å². The lowest BCUT2D eigenvalue weighted by Gasteiger charge is -2.25. The van der Waals surface area contributed by atoms with Crippen LogP contribution in [0.4, 0.5) is 18.9 Å². The van der Waals surface area contributed by atoms with Crippen LogP contribution in [0, 0.1) is 5.92 Å². The second-order valence-corrected chi connectivity index (χ2v) is 10.1. The van der Waals surface area contributed by atoms with E-state index in [1.807, 2.05) is 0 Å². The number of amidine groups is 1. The third-order valence-corrected chi connectivity index (χ3v) is 7.86. The van der Waals surface area contributed by atoms with Crippen LogP contribution in [0.2, 0.25) is 0 Å². The predicted molar refractivity (Wildman–Crippen MR) is 92.9 cm³/mol. The highest BCUT2D eigenvalue weighted by molar-refractivity contribution is 8.16. The van der Waals surface area contributed by atoms with Crippen molar-refractivity contribution in [2.24, 2.45) is 10.9 Å². The number of alkyl halides is 3. The van der Waals surface area contributed by atoms with Gasteiger partial charge in [0.25, 0.3) is 5.91 Å². The van der Waals surface area contributed by atoms with E-state index in [-0.39, 0.29) is 34.3 Å². The normalized spacial score (nSPS) is 29.2. The fourth-order valence-corrected chi connectivity index (χ4v) is 7.13. The summed E-state index contributed by atoms with van der Waals surface area (Å²) in [6.07, 6.45) is -2.97. The summed E-state index contributed by atoms with van der Waals surface area (Å²) in [5, 5.41) is -0.0357. The lowest BCUT2D eigenvalue weighted by Crippen LogP contribution is -2.37. The Balaban J connectivity index is 1.74. The van der Waals surface area contributed by atoms with Gasteiger partial charge in [-0.1, -0.05) is 17.8 Å². The zero-order valence-corrected chi connectivity index (χ0v) is 15.1. The molecule has 140 valence electrons. The largest absolute Gasteiger partial charge is 0.416 e. The second-order valence-electron chi connectivity index (χ2n) is 6.73. The van der Waals surface area contributed by atoms with Gasteiger partial charge >= 0.3 is 6.18 Å². The average molecular weight is 404 g/mol. The van der Waals surface area contributed by atoms with Crippen LogP contribution < -0.4 is 4.90 Å². The van der Waals surface area contributed by atoms with E-state index < -0.39 is 27.6 Å². The van der Waals surface area contributed by atoms with Crippen molar-refractivity contribution in [2.75, 3.05) is 16.4 Å². The van der Waals surface area contributed by atoms with Gasteiger partial charge in [-0.05, 0) is 31.0 Å². The molecule has 0 aromatic heterocycles. The minimum absolute atomic E-state index is 0.0611. The molecule has 0 unspecified atom stereocenters. The second kappa shape index (κ2) is 5.98. The average Bonchev–Trinajstić information content (AvgIpc) is 3.27. The van der Waals surface area contributed by atoms with Gasteiger partial charge in [0.1, 0.15) is 0 Å². The number of aliphatic imine (C=N–C) groups is 1. The first kappa shape index (κ1) is 17.8. The molecule has 1 aromatic rings. The van der Waals surface area contributed by atoms with Crippen LogP contribution in [0.25, 0.3) is 0 Å². The highest BCUT2D eigenvalue weighted by Crippen LogP contribution is 2.43. The quantitative estimate of drug-likeness (QED) is 0.758. The third kappa shape index (κ3) is 3.36. The minimum atomic E-state index is -4.51. The fraction of sp³-hybridized carbons (Fsp3) is 0.500. The van der Waals surface area contributed by atoms with E-state index >= 15 is 0 Å². The number of benzene rings is 1. The Bertz CT molecular complexity index is 894. The standard InChI is InChI=1S/C16H15F3N2O3S2/c17-16(18,19)10-2-1-3-11(6-10)21-12-7-26(23,24)8-13(12)25-15(21)20-14(22)9-4-5-9/h1-3,6,9,12-13H,4-5,7-8H2/t12-,13-/m1/s1. The van der Waals surface area contributed by atoms with Gasteiger partial charge in [0.2, 0.25) is 0 Å². The van der Waals surface area contributed by atoms with Gasteiger partial charge in [-0.2, -0.15) is 18.2 Å². The number of rotatable bonds is 2. The van der Waals surface area contributed by atoms with Crippen molar-refractivity contribution in [3.63, 3.8) is 0 Å². The molecule has 1 aromatic carbocycles. The topological polar surface area (TPSA) is 66.8 Å². The van der Waals surface area contributed by atoms with Crippen molar-refractivity contribution in [3.05, 3.63) is 29.8 Å². The van der Waals surface area contributed by atoms with E-state index in [0.29, 0.717) is 5.17 Å². The Morgan fingerprint density at radius 3 is 2.62 bits per heavy atom. The molecule has 2 heterocycles. The van der Waals surface area contributed by atoms with Gasteiger partial charge in [0.05, 0.1) is 23.1 Å². The molecule has 1 saturated carbocycles. The number of fused-ring (bicyclic) bond motifs is 1. The number of thioether (sulfide) groups is 1. The molecule has 1 amide bonds. The van der Waals surface area contributed by atoms with Gasteiger partial charge in [0, 0.05) is 16.9 Å². The van der Waals surface area contributed by atoms with Gasteiger partial charge in [0.15, 0.2) is 15.0 Å². The summed E-state index contributed by atoms with van der Waals surface area (Å²) in [6, 6.07) is 4.19. The summed E-state index contributed by atoms with van der Waals surface area (Å²) in [5.41, 5.74) is -0.614. The molecule has 0 radical (unpaired) electrons. The lowest BCUT2D eigenvalue weighted by molar-refractivity contribution is -0.137. The van der Waals surface area contributed by atoms with Crippen LogP contribution in [0.15, 0.2) is 29.3 Å². The maximum atomic E-state index is 13.1. The van der Waals surface area contributed by atoms with Gasteiger partial charge in [-0.15, -0.1) is 0 Å². The first-order chi connectivity index (χ1) is 12.1. The number of hydrogen-bond acceptors (Lipinski definition) is 4. The maximum absolute atomic E-state index is 13.1. The molecule has 2 saturated heterocycles. The van der Waals surface area contributed by atoms with E-state index in [0.717, 1.165) is 25.0 Å². The molecule has 2 aliphatic heterocycles. The van der Waals surface area contributed by atoms with Crippen molar-refractivity contribution < 1.29 is 26.4 Å². The Labute approximate surface area is 152 Å². The Morgan fingerprint density at radius 2 is 1.96 bits per heavy atom. The molecule has 0 N–H and O–H groups in total. The van der Waals surface area contributed by atoms with E-state index in [1.54, 1.807) is 0 Å². The van der Waals surface area contributed by atoms with Crippen LogP contribution in [-0.4, -0.2) is 42.3 Å². The summed E-state index contributed by atoms with van der Waals surface area (Å²) in [4.78, 5) is 17.7. The van der Waals surface area contributed by atoms with E-state index in [1.165, 1.54) is 28.8 Å². The van der Waals surface area contributed by atoms with Gasteiger partial charge in [-0.3, -0.25) is 4.79 Å². The SMILES string of the molecule is O=C(N=C1S[C@@H]2CS(=O)(=O)C[C@H]2N1c1cccc(C(F)(F)F)c1)C1CC1. The monoisotopic (exact) mass is 404 g/mol. The fourth-order valence-electron chi connectivity index (χ4n) is 3.21. The van der Waals surface area contributed by atoms with Crippen LogP contribution in [0.5, 0.6) is 0 Å². The van der Waals surface area contributed by atoms with Crippen molar-refractivity contribution in [3.8, 4) is 0 Å². The van der Waals surface area contributed by atoms with E-state index in [4.69, 9.17) is 0 Å². The number of sulfone groups is 1. The van der Waals surface area contributed by atoms with Crippen molar-refractivity contribution in [1.82, 2.24) is 0 Å². The number of anilines is 1. The number of halogens is 3. The molecule has 3 aliphatic rings. The first-order valence-electron chi connectivity index (χ1n) is 8.10. The summed E-state index contributed by atoms with van der Waals surface area (Å²) < 4.78 is 63.1. The molecule has 10 heteroatoms. The van der Waals surface area contributed by atoms with Crippen molar-refractivity contribution in [2.45, 2.75) is 30.3 Å². The highest BCUT2D eigenvalue weighted by Gasteiger charge is 2.50. The number of hydrogen-bond donors (Lipinski definition) is 0. The van der Waals surface area contributed by atoms with Crippen LogP contribution in [0.3, 0.4) is 0 Å². The number of nitrogens with zero attached hydrogens (tertiary/aromatic N) is 2. The molecule has 2 atom stereocenters. The smallest absolute Gasteiger partial charge is 0.316 e. The van der Waals surface area contributed by atoms with Crippen LogP contribution in [-0.2, 0) is 20.8 Å². The molecule has 4 rings (SSSR count). The molecule has 1 aliphatic carbocycles. The minimum Gasteiger partial charge on any atom is -0.316 e. The lowest BCUT2D eigenvalue weighted by atomic mass is 10.1. The number of amides is 1. The number of carbonyl (C=O) groups is 1. The van der Waals surface area contributed by atoms with Crippen LogP contribution >= 0.6 is 11.8 Å². The van der Waals surface area contributed by atoms with Gasteiger partial charge < -0.3 is 4.90 Å². The molecule has 5 nitrogen and oxygen atoms in total. The Hall–Kier alpha value is -1.55. The molecular weight excluding hydrogens is 389 g/mol. The highest BCUT2D eigenvalue weighted by atomic mass is 32.2. The molecular formula is C16H15F3N2O3S2. The third-order valence-electron chi connectivity index (χ3n) is 4.65. The summed E-state index contributed by atoms with van der Waals surface area (Å²) in [6.45, 7) is 0. The zero-order chi connectivity index (χ0) is 18.7. The summed E-state index contributed by atoms with van der Waals surface area (Å²) in [7, 11) is -3.27. The predicted octanol–water partition coefficient (Wildman–Crippen LogP) is 2.72. The maximum Gasteiger partial charge on any atom is 0.416 e. The molecule has 26 heavy (non-hydrogen) atoms. The van der Waals surface area contributed by atoms with E-state index in [9.17, 15) is 26.4 Å². The molecule has 0 bridgehead atoms. The zero-order valence-electron chi connectivity index (χ0n) is 13.4. The Morgan fingerprint density at radius 1 is 1.23 bits per heavy atom. The van der Waals surface area contributed by atoms with Gasteiger partial charge in [-0.25, -0.2) is 8.42 Å². The van der Waals surface area contributed by atoms with Crippen LogP contribution in [0.1, 0.15) is 18.4 Å². The number of carbonyl (C=O) groups excluding carboxylic acids is 1. The summed E-state index contributed by atoms with van der Waals surface area (Å²) in [5.74, 6) is -0.616. The van der Waals surface area contributed by atoms with Crippen molar-refractivity contribution in [1.29, 1.82) is 0 Å². The summed E-state index contributed by atoms with van der Waals surface area (Å²) >= 11 is 1.17.